The Balaban J connectivity index is 1.78. The van der Waals surface area contributed by atoms with Crippen molar-refractivity contribution in [2.45, 2.75) is 20.3 Å². The summed E-state index contributed by atoms with van der Waals surface area (Å²) in [6.45, 7) is 9.56. The second-order valence-electron chi connectivity index (χ2n) is 6.62. The minimum Gasteiger partial charge on any atom is -0.353 e. The molecular weight excluding hydrogens is 364 g/mol. The third-order valence-electron chi connectivity index (χ3n) is 5.18. The van der Waals surface area contributed by atoms with Gasteiger partial charge in [-0.05, 0) is 35.7 Å². The number of likely N-dealkylation sites (N-methyl/N-ethyl adjacent to an activating group) is 1. The van der Waals surface area contributed by atoms with E-state index in [-0.39, 0.29) is 0 Å². The average molecular weight is 387 g/mol. The zero-order chi connectivity index (χ0) is 18.1. The van der Waals surface area contributed by atoms with Gasteiger partial charge in [-0.3, -0.25) is 0 Å². The Labute approximate surface area is 163 Å². The zero-order valence-corrected chi connectivity index (χ0v) is 16.8. The van der Waals surface area contributed by atoms with E-state index in [0.717, 1.165) is 55.2 Å². The lowest BCUT2D eigenvalue weighted by molar-refractivity contribution is 0.271. The number of hydrogen-bond donors (Lipinski definition) is 0. The van der Waals surface area contributed by atoms with Crippen molar-refractivity contribution in [1.82, 2.24) is 14.9 Å². The molecule has 3 heterocycles. The van der Waals surface area contributed by atoms with Crippen LogP contribution in [0, 0.1) is 0 Å². The van der Waals surface area contributed by atoms with Crippen molar-refractivity contribution in [3.63, 3.8) is 0 Å². The maximum atomic E-state index is 6.24. The highest BCUT2D eigenvalue weighted by Gasteiger charge is 2.22. The maximum Gasteiger partial charge on any atom is 0.225 e. The number of rotatable bonds is 4. The lowest BCUT2D eigenvalue weighted by Gasteiger charge is -2.35. The van der Waals surface area contributed by atoms with E-state index >= 15 is 0 Å². The molecule has 4 nitrogen and oxygen atoms in total. The lowest BCUT2D eigenvalue weighted by Crippen LogP contribution is -2.46. The third-order valence-corrected chi connectivity index (χ3v) is 6.22. The van der Waals surface area contributed by atoms with Gasteiger partial charge in [0.15, 0.2) is 0 Å². The van der Waals surface area contributed by atoms with Gasteiger partial charge in [-0.15, -0.1) is 11.3 Å². The summed E-state index contributed by atoms with van der Waals surface area (Å²) in [6.07, 6.45) is 1.05. The Morgan fingerprint density at radius 2 is 1.77 bits per heavy atom. The average Bonchev–Trinajstić information content (AvgIpc) is 3.11. The first-order chi connectivity index (χ1) is 12.7. The molecule has 0 radical (unpaired) electrons. The predicted octanol–water partition coefficient (Wildman–Crippen LogP) is 4.72. The number of halogens is 1. The molecule has 1 aliphatic heterocycles. The van der Waals surface area contributed by atoms with E-state index in [4.69, 9.17) is 11.6 Å². The molecule has 0 spiro atoms. The summed E-state index contributed by atoms with van der Waals surface area (Å²) in [4.78, 5) is 14.9. The largest absolute Gasteiger partial charge is 0.353 e. The third kappa shape index (κ3) is 3.31. The van der Waals surface area contributed by atoms with E-state index in [1.165, 1.54) is 16.7 Å². The van der Waals surface area contributed by atoms with E-state index in [1.54, 1.807) is 11.3 Å². The normalized spacial score (nSPS) is 15.7. The van der Waals surface area contributed by atoms with Gasteiger partial charge in [-0.2, -0.15) is 4.98 Å². The SMILES string of the molecule is CCc1ccc(-c2csc3nc(Cl)nc(N4CCN(CC)CC4)c23)cc1. The number of anilines is 1. The van der Waals surface area contributed by atoms with Crippen molar-refractivity contribution in [1.29, 1.82) is 0 Å². The van der Waals surface area contributed by atoms with Crippen molar-refractivity contribution >= 4 is 39.0 Å². The van der Waals surface area contributed by atoms with Gasteiger partial charge in [0.2, 0.25) is 5.28 Å². The van der Waals surface area contributed by atoms with Gasteiger partial charge in [0, 0.05) is 37.1 Å². The molecule has 3 aromatic rings. The molecule has 2 aromatic heterocycles. The van der Waals surface area contributed by atoms with E-state index in [1.807, 2.05) is 0 Å². The topological polar surface area (TPSA) is 32.3 Å². The van der Waals surface area contributed by atoms with Crippen LogP contribution in [0.5, 0.6) is 0 Å². The molecule has 1 aliphatic rings. The zero-order valence-electron chi connectivity index (χ0n) is 15.2. The summed E-state index contributed by atoms with van der Waals surface area (Å²) in [5, 5.41) is 3.65. The van der Waals surface area contributed by atoms with Gasteiger partial charge in [0.1, 0.15) is 10.6 Å². The van der Waals surface area contributed by atoms with Crippen LogP contribution in [0.1, 0.15) is 19.4 Å². The summed E-state index contributed by atoms with van der Waals surface area (Å²) < 4.78 is 0. The highest BCUT2D eigenvalue weighted by molar-refractivity contribution is 7.17. The van der Waals surface area contributed by atoms with E-state index in [9.17, 15) is 0 Å². The van der Waals surface area contributed by atoms with Crippen molar-refractivity contribution in [3.05, 3.63) is 40.5 Å². The number of hydrogen-bond acceptors (Lipinski definition) is 5. The molecule has 1 fully saturated rings. The number of aromatic nitrogens is 2. The fraction of sp³-hybridized carbons (Fsp3) is 0.400. The van der Waals surface area contributed by atoms with Gasteiger partial charge in [0.25, 0.3) is 0 Å². The first-order valence-electron chi connectivity index (χ1n) is 9.21. The molecule has 0 saturated carbocycles. The van der Waals surface area contributed by atoms with Crippen molar-refractivity contribution in [2.75, 3.05) is 37.6 Å². The standard InChI is InChI=1S/C20H23ClN4S/c1-3-14-5-7-15(8-6-14)16-13-26-19-17(16)18(22-20(21)23-19)25-11-9-24(4-2)10-12-25/h5-8,13H,3-4,9-12H2,1-2H3. The number of nitrogens with zero attached hydrogens (tertiary/aromatic N) is 4. The minimum atomic E-state index is 0.333. The van der Waals surface area contributed by atoms with Gasteiger partial charge >= 0.3 is 0 Å². The van der Waals surface area contributed by atoms with E-state index in [2.05, 4.69) is 63.3 Å². The highest BCUT2D eigenvalue weighted by atomic mass is 35.5. The first kappa shape index (κ1) is 17.7. The number of benzene rings is 1. The van der Waals surface area contributed by atoms with Gasteiger partial charge in [-0.1, -0.05) is 38.1 Å². The van der Waals surface area contributed by atoms with Crippen LogP contribution in [0.2, 0.25) is 5.28 Å². The molecule has 0 atom stereocenters. The van der Waals surface area contributed by atoms with Crippen molar-refractivity contribution in [2.24, 2.45) is 0 Å². The Bertz CT molecular complexity index is 898. The van der Waals surface area contributed by atoms with Crippen LogP contribution in [0.15, 0.2) is 29.6 Å². The highest BCUT2D eigenvalue weighted by Crippen LogP contribution is 2.39. The Morgan fingerprint density at radius 3 is 2.42 bits per heavy atom. The molecular formula is C20H23ClN4S. The summed E-state index contributed by atoms with van der Waals surface area (Å²) in [5.41, 5.74) is 3.77. The minimum absolute atomic E-state index is 0.333. The number of fused-ring (bicyclic) bond motifs is 1. The fourth-order valence-electron chi connectivity index (χ4n) is 3.54. The molecule has 1 saturated heterocycles. The Hall–Kier alpha value is -1.69. The smallest absolute Gasteiger partial charge is 0.225 e. The molecule has 0 N–H and O–H groups in total. The first-order valence-corrected chi connectivity index (χ1v) is 10.5. The maximum absolute atomic E-state index is 6.24. The van der Waals surface area contributed by atoms with Gasteiger partial charge in [0.05, 0.1) is 5.39 Å². The fourth-order valence-corrected chi connectivity index (χ4v) is 4.69. The summed E-state index contributed by atoms with van der Waals surface area (Å²) in [5.74, 6) is 0.978. The van der Waals surface area contributed by atoms with Crippen LogP contribution in [-0.2, 0) is 6.42 Å². The van der Waals surface area contributed by atoms with Crippen LogP contribution >= 0.6 is 22.9 Å². The van der Waals surface area contributed by atoms with Crippen LogP contribution in [0.4, 0.5) is 5.82 Å². The molecule has 0 aliphatic carbocycles. The second kappa shape index (κ2) is 7.51. The van der Waals surface area contributed by atoms with Crippen LogP contribution in [0.3, 0.4) is 0 Å². The van der Waals surface area contributed by atoms with Gasteiger partial charge < -0.3 is 9.80 Å². The summed E-state index contributed by atoms with van der Waals surface area (Å²) in [6, 6.07) is 8.81. The molecule has 26 heavy (non-hydrogen) atoms. The van der Waals surface area contributed by atoms with E-state index < -0.39 is 0 Å². The molecule has 136 valence electrons. The number of piperazine rings is 1. The second-order valence-corrected chi connectivity index (χ2v) is 7.81. The monoisotopic (exact) mass is 386 g/mol. The van der Waals surface area contributed by atoms with Crippen molar-refractivity contribution in [3.8, 4) is 11.1 Å². The molecule has 0 unspecified atom stereocenters. The van der Waals surface area contributed by atoms with Crippen molar-refractivity contribution < 1.29 is 0 Å². The molecule has 4 rings (SSSR count). The Morgan fingerprint density at radius 1 is 1.04 bits per heavy atom. The quantitative estimate of drug-likeness (QED) is 0.607. The Kier molecular flexibility index (Phi) is 5.11. The summed E-state index contributed by atoms with van der Waals surface area (Å²) in [7, 11) is 0. The molecule has 0 bridgehead atoms. The number of aryl methyl sites for hydroxylation is 1. The van der Waals surface area contributed by atoms with Crippen LogP contribution in [0.25, 0.3) is 21.3 Å². The molecule has 6 heteroatoms. The number of thiophene rings is 1. The summed E-state index contributed by atoms with van der Waals surface area (Å²) >= 11 is 7.88. The molecule has 0 amide bonds. The van der Waals surface area contributed by atoms with Gasteiger partial charge in [-0.25, -0.2) is 4.98 Å². The lowest BCUT2D eigenvalue weighted by atomic mass is 10.0. The van der Waals surface area contributed by atoms with E-state index in [0.29, 0.717) is 5.28 Å². The van der Waals surface area contributed by atoms with Crippen LogP contribution < -0.4 is 4.90 Å². The molecule has 1 aromatic carbocycles. The van der Waals surface area contributed by atoms with Crippen LogP contribution in [-0.4, -0.2) is 47.6 Å². The predicted molar refractivity (Wildman–Crippen MR) is 112 cm³/mol.